The maximum Gasteiger partial charge on any atom is 0.194 e. The van der Waals surface area contributed by atoms with Crippen LogP contribution in [-0.4, -0.2) is 43.7 Å². The van der Waals surface area contributed by atoms with Gasteiger partial charge >= 0.3 is 0 Å². The molecule has 0 saturated heterocycles. The maximum absolute atomic E-state index is 14.0. The summed E-state index contributed by atoms with van der Waals surface area (Å²) >= 11 is 0. The zero-order valence-corrected chi connectivity index (χ0v) is 24.2. The molecule has 2 heterocycles. The number of hydrogen-bond donors (Lipinski definition) is 3. The average Bonchev–Trinajstić information content (AvgIpc) is 3.40. The molecule has 41 heavy (non-hydrogen) atoms. The molecule has 1 aromatic heterocycles. The Morgan fingerprint density at radius 2 is 1.85 bits per heavy atom. The zero-order chi connectivity index (χ0) is 29.8. The fourth-order valence-electron chi connectivity index (χ4n) is 5.86. The Balaban J connectivity index is 1.41. The van der Waals surface area contributed by atoms with Crippen LogP contribution in [-0.2, 0) is 28.0 Å². The first kappa shape index (κ1) is 28.1. The van der Waals surface area contributed by atoms with Crippen molar-refractivity contribution in [2.24, 2.45) is 5.92 Å². The van der Waals surface area contributed by atoms with Gasteiger partial charge in [0.15, 0.2) is 17.3 Å². The number of rotatable bonds is 8. The molecule has 0 amide bonds. The number of carbonyl (C=O) groups is 3. The highest BCUT2D eigenvalue weighted by Gasteiger charge is 2.56. The van der Waals surface area contributed by atoms with Gasteiger partial charge in [-0.3, -0.25) is 14.4 Å². The number of benzene rings is 2. The number of carbonyl (C=O) groups excluding carboxylic acids is 3. The third-order valence-electron chi connectivity index (χ3n) is 8.01. The lowest BCUT2D eigenvalue weighted by Crippen LogP contribution is -2.41. The van der Waals surface area contributed by atoms with Gasteiger partial charge in [0.25, 0.3) is 0 Å². The molecule has 0 bridgehead atoms. The fourth-order valence-corrected chi connectivity index (χ4v) is 5.86. The third-order valence-corrected chi connectivity index (χ3v) is 8.01. The summed E-state index contributed by atoms with van der Waals surface area (Å²) in [6.07, 6.45) is 2.66. The Morgan fingerprint density at radius 1 is 1.15 bits per heavy atom. The van der Waals surface area contributed by atoms with E-state index in [0.717, 1.165) is 29.8 Å². The van der Waals surface area contributed by atoms with Crippen LogP contribution in [0.15, 0.2) is 47.4 Å². The molecule has 0 unspecified atom stereocenters. The van der Waals surface area contributed by atoms with Crippen molar-refractivity contribution >= 4 is 28.4 Å². The summed E-state index contributed by atoms with van der Waals surface area (Å²) in [5, 5.41) is 24.7. The van der Waals surface area contributed by atoms with E-state index in [2.05, 4.69) is 29.8 Å². The number of ketones is 3. The lowest BCUT2D eigenvalue weighted by Gasteiger charge is -2.29. The number of Topliss-reactive ketones (excluding diaryl/α,β-unsaturated/α-hetero) is 2. The van der Waals surface area contributed by atoms with Crippen molar-refractivity contribution in [1.82, 2.24) is 14.9 Å². The Kier molecular flexibility index (Phi) is 7.01. The minimum Gasteiger partial charge on any atom is -0.507 e. The number of aromatic nitrogens is 2. The average molecular weight is 558 g/mol. The predicted molar refractivity (Wildman–Crippen MR) is 154 cm³/mol. The topological polar surface area (TPSA) is 131 Å². The standard InChI is InChI=1S/C32H35N3O6/c1-16(2)15-35-21-11-8-7-10-20(21)34-24(35)12-9-13-33-18(4)25-22(37)14-23-32(6,31(25)40)27-29(39)17(3)28(38)26(19(5)36)30(27)41-23/h7-8,10-11,14,16,33,38-39H,9,12-13,15H2,1-6H3/b25-18+/t32-/m0/s1. The molecule has 3 aromatic rings. The summed E-state index contributed by atoms with van der Waals surface area (Å²) in [5.41, 5.74) is 0.936. The minimum absolute atomic E-state index is 0.0194. The van der Waals surface area contributed by atoms with Gasteiger partial charge in [0.05, 0.1) is 22.2 Å². The number of imidazole rings is 1. The van der Waals surface area contributed by atoms with Gasteiger partial charge in [0, 0.05) is 36.8 Å². The molecule has 2 aromatic carbocycles. The molecular formula is C32H35N3O6. The summed E-state index contributed by atoms with van der Waals surface area (Å²) in [7, 11) is 0. The quantitative estimate of drug-likeness (QED) is 0.156. The molecule has 0 fully saturated rings. The number of para-hydroxylation sites is 2. The predicted octanol–water partition coefficient (Wildman–Crippen LogP) is 4.80. The van der Waals surface area contributed by atoms with Crippen molar-refractivity contribution < 1.29 is 29.3 Å². The van der Waals surface area contributed by atoms with Crippen LogP contribution in [0.2, 0.25) is 0 Å². The highest BCUT2D eigenvalue weighted by Crippen LogP contribution is 2.57. The SMILES string of the molecule is CC(=O)c1c(O)c(C)c(O)c2c1OC1=CC(=O)/C(=C(/C)NCCCc3nc4ccccc4n3CC(C)C)C(=O)[C@@]12C. The fraction of sp³-hybridized carbons (Fsp3) is 0.375. The van der Waals surface area contributed by atoms with Crippen LogP contribution in [0, 0.1) is 12.8 Å². The molecule has 2 aliphatic rings. The van der Waals surface area contributed by atoms with Crippen LogP contribution in [0.5, 0.6) is 17.2 Å². The summed E-state index contributed by atoms with van der Waals surface area (Å²) in [4.78, 5) is 44.3. The smallest absolute Gasteiger partial charge is 0.194 e. The number of ether oxygens (including phenoxy) is 1. The van der Waals surface area contributed by atoms with E-state index >= 15 is 0 Å². The molecule has 9 nitrogen and oxygen atoms in total. The molecule has 0 spiro atoms. The van der Waals surface area contributed by atoms with E-state index in [1.54, 1.807) is 13.8 Å². The first-order valence-corrected chi connectivity index (χ1v) is 13.9. The first-order chi connectivity index (χ1) is 19.4. The Morgan fingerprint density at radius 3 is 2.54 bits per heavy atom. The molecule has 9 heteroatoms. The van der Waals surface area contributed by atoms with Crippen molar-refractivity contribution in [3.63, 3.8) is 0 Å². The van der Waals surface area contributed by atoms with E-state index in [0.29, 0.717) is 24.6 Å². The van der Waals surface area contributed by atoms with E-state index in [4.69, 9.17) is 9.72 Å². The largest absolute Gasteiger partial charge is 0.507 e. The third kappa shape index (κ3) is 4.40. The van der Waals surface area contributed by atoms with Crippen LogP contribution in [0.3, 0.4) is 0 Å². The number of nitrogens with zero attached hydrogens (tertiary/aromatic N) is 2. The van der Waals surface area contributed by atoms with Crippen LogP contribution in [0.25, 0.3) is 11.0 Å². The summed E-state index contributed by atoms with van der Waals surface area (Å²) in [5.74, 6) is -0.930. The van der Waals surface area contributed by atoms with E-state index in [1.807, 2.05) is 18.2 Å². The zero-order valence-electron chi connectivity index (χ0n) is 24.2. The number of phenolic OH excluding ortho intramolecular Hbond substituents is 2. The number of allylic oxidation sites excluding steroid dienone is 4. The summed E-state index contributed by atoms with van der Waals surface area (Å²) in [6.45, 7) is 11.7. The Hall–Kier alpha value is -4.40. The van der Waals surface area contributed by atoms with Crippen LogP contribution in [0.1, 0.15) is 68.3 Å². The second-order valence-electron chi connectivity index (χ2n) is 11.4. The number of fused-ring (bicyclic) bond motifs is 4. The molecule has 0 radical (unpaired) electrons. The second-order valence-corrected chi connectivity index (χ2v) is 11.4. The molecule has 0 saturated carbocycles. The highest BCUT2D eigenvalue weighted by atomic mass is 16.5. The molecular weight excluding hydrogens is 522 g/mol. The van der Waals surface area contributed by atoms with Gasteiger partial charge in [-0.15, -0.1) is 0 Å². The maximum atomic E-state index is 14.0. The van der Waals surface area contributed by atoms with E-state index in [-0.39, 0.29) is 39.5 Å². The number of hydrogen-bond acceptors (Lipinski definition) is 8. The van der Waals surface area contributed by atoms with E-state index in [1.165, 1.54) is 19.9 Å². The van der Waals surface area contributed by atoms with Crippen LogP contribution < -0.4 is 10.1 Å². The lowest BCUT2D eigenvalue weighted by molar-refractivity contribution is -0.123. The number of phenols is 2. The second kappa shape index (κ2) is 10.2. The van der Waals surface area contributed by atoms with E-state index in [9.17, 15) is 24.6 Å². The molecule has 1 atom stereocenters. The molecule has 1 aliphatic heterocycles. The number of aromatic hydroxyl groups is 2. The molecule has 214 valence electrons. The van der Waals surface area contributed by atoms with Crippen molar-refractivity contribution in [2.45, 2.75) is 66.3 Å². The van der Waals surface area contributed by atoms with Gasteiger partial charge in [-0.05, 0) is 52.2 Å². The van der Waals surface area contributed by atoms with Gasteiger partial charge in [0.1, 0.15) is 39.8 Å². The lowest BCUT2D eigenvalue weighted by atomic mass is 9.70. The first-order valence-electron chi connectivity index (χ1n) is 13.9. The summed E-state index contributed by atoms with van der Waals surface area (Å²) < 4.78 is 8.08. The highest BCUT2D eigenvalue weighted by molar-refractivity contribution is 6.31. The van der Waals surface area contributed by atoms with Crippen LogP contribution in [0.4, 0.5) is 0 Å². The molecule has 1 aliphatic carbocycles. The number of aryl methyl sites for hydroxylation is 1. The van der Waals surface area contributed by atoms with Gasteiger partial charge in [-0.1, -0.05) is 26.0 Å². The normalized spacial score (nSPS) is 19.2. The van der Waals surface area contributed by atoms with Gasteiger partial charge in [0.2, 0.25) is 0 Å². The molecule has 3 N–H and O–H groups in total. The monoisotopic (exact) mass is 557 g/mol. The van der Waals surface area contributed by atoms with Gasteiger partial charge in [-0.25, -0.2) is 4.98 Å². The minimum atomic E-state index is -1.53. The summed E-state index contributed by atoms with van der Waals surface area (Å²) in [6, 6.07) is 8.08. The van der Waals surface area contributed by atoms with E-state index < -0.39 is 28.5 Å². The van der Waals surface area contributed by atoms with Gasteiger partial charge < -0.3 is 24.8 Å². The molecule has 5 rings (SSSR count). The number of nitrogens with one attached hydrogen (secondary N) is 1. The van der Waals surface area contributed by atoms with Crippen molar-refractivity contribution in [3.05, 3.63) is 69.9 Å². The van der Waals surface area contributed by atoms with Crippen molar-refractivity contribution in [1.29, 1.82) is 0 Å². The van der Waals surface area contributed by atoms with Crippen molar-refractivity contribution in [2.75, 3.05) is 6.54 Å². The Bertz CT molecular complexity index is 1690. The van der Waals surface area contributed by atoms with Gasteiger partial charge in [-0.2, -0.15) is 0 Å². The Labute approximate surface area is 238 Å². The van der Waals surface area contributed by atoms with Crippen LogP contribution >= 0.6 is 0 Å². The van der Waals surface area contributed by atoms with Crippen molar-refractivity contribution in [3.8, 4) is 17.2 Å².